The van der Waals surface area contributed by atoms with Crippen molar-refractivity contribution in [2.45, 2.75) is 82.4 Å². The van der Waals surface area contributed by atoms with Gasteiger partial charge < -0.3 is 29.4 Å². The van der Waals surface area contributed by atoms with Crippen molar-refractivity contribution in [1.29, 1.82) is 0 Å². The highest BCUT2D eigenvalue weighted by Gasteiger charge is 2.51. The van der Waals surface area contributed by atoms with Crippen molar-refractivity contribution in [3.05, 3.63) is 90.0 Å². The fourth-order valence-corrected chi connectivity index (χ4v) is 7.83. The summed E-state index contributed by atoms with van der Waals surface area (Å²) in [6, 6.07) is 16.7. The summed E-state index contributed by atoms with van der Waals surface area (Å²) in [5.41, 5.74) is 2.32. The predicted octanol–water partition coefficient (Wildman–Crippen LogP) is 4.56. The van der Waals surface area contributed by atoms with Gasteiger partial charge in [0.05, 0.1) is 19.0 Å². The van der Waals surface area contributed by atoms with Crippen LogP contribution in [0, 0.1) is 17.8 Å². The van der Waals surface area contributed by atoms with Gasteiger partial charge in [0.1, 0.15) is 25.4 Å². The van der Waals surface area contributed by atoms with Gasteiger partial charge in [-0.2, -0.15) is 0 Å². The number of rotatable bonds is 13. The number of ether oxygens (including phenoxy) is 3. The van der Waals surface area contributed by atoms with Crippen molar-refractivity contribution < 1.29 is 28.6 Å². The molecule has 4 saturated carbocycles. The third-order valence-corrected chi connectivity index (χ3v) is 9.61. The Morgan fingerprint density at radius 1 is 0.867 bits per heavy atom. The molecular weight excluding hydrogens is 572 g/mol. The zero-order chi connectivity index (χ0) is 31.2. The second kappa shape index (κ2) is 13.9. The molecule has 2 aromatic carbocycles. The molecule has 7 rings (SSSR count). The molecule has 0 aliphatic heterocycles. The van der Waals surface area contributed by atoms with Gasteiger partial charge in [-0.25, -0.2) is 14.6 Å². The van der Waals surface area contributed by atoms with Crippen LogP contribution in [0.4, 0.5) is 4.79 Å². The lowest BCUT2D eigenvalue weighted by Gasteiger charge is -2.56. The van der Waals surface area contributed by atoms with Crippen molar-refractivity contribution in [3.8, 4) is 0 Å². The molecule has 10 nitrogen and oxygen atoms in total. The number of carbonyl (C=O) groups is 3. The van der Waals surface area contributed by atoms with Gasteiger partial charge >= 0.3 is 12.1 Å². The molecule has 45 heavy (non-hydrogen) atoms. The van der Waals surface area contributed by atoms with Crippen molar-refractivity contribution in [3.63, 3.8) is 0 Å². The monoisotopic (exact) mass is 614 g/mol. The van der Waals surface area contributed by atoms with Gasteiger partial charge in [0.25, 0.3) is 0 Å². The third kappa shape index (κ3) is 7.73. The second-order valence-electron chi connectivity index (χ2n) is 13.0. The smallest absolute Gasteiger partial charge is 0.408 e. The lowest BCUT2D eigenvalue weighted by Crippen LogP contribution is -2.53. The quantitative estimate of drug-likeness (QED) is 0.271. The van der Waals surface area contributed by atoms with E-state index in [1.54, 1.807) is 12.5 Å². The van der Waals surface area contributed by atoms with Gasteiger partial charge in [-0.3, -0.25) is 4.79 Å². The Balaban J connectivity index is 1.15. The number of nitrogens with zero attached hydrogens (tertiary/aromatic N) is 2. The molecule has 0 spiro atoms. The average molecular weight is 615 g/mol. The fraction of sp³-hybridized carbons (Fsp3) is 0.486. The van der Waals surface area contributed by atoms with E-state index >= 15 is 0 Å². The normalized spacial score (nSPS) is 24.4. The number of imidazole rings is 1. The number of nitrogens with one attached hydrogen (secondary N) is 2. The van der Waals surface area contributed by atoms with Crippen LogP contribution in [-0.4, -0.2) is 52.3 Å². The third-order valence-electron chi connectivity index (χ3n) is 9.61. The minimum atomic E-state index is -1.05. The van der Waals surface area contributed by atoms with Crippen LogP contribution in [0.1, 0.15) is 55.3 Å². The van der Waals surface area contributed by atoms with Gasteiger partial charge in [-0.05, 0) is 67.4 Å². The van der Waals surface area contributed by atoms with E-state index in [1.807, 2.05) is 65.2 Å². The maximum atomic E-state index is 13.7. The molecule has 0 radical (unpaired) electrons. The SMILES string of the molecule is COC(=O)[C@H](Cc1ccccc1)NC(=O)[C@H](Cc1cncn1COC12CC3CC(CC(C3)C1)C2)NC(=O)OCc1ccccc1. The molecule has 1 aromatic heterocycles. The number of amides is 2. The molecule has 4 aliphatic carbocycles. The minimum absolute atomic E-state index is 0.0522. The molecule has 10 heteroatoms. The van der Waals surface area contributed by atoms with Crippen LogP contribution in [0.3, 0.4) is 0 Å². The standard InChI is InChI=1S/C35H42N4O6/c1-43-33(41)31(15-24-8-4-2-5-9-24)37-32(40)30(38-34(42)44-21-25-10-6-3-7-11-25)16-29-20-36-22-39(29)23-45-35-17-26-12-27(18-35)14-28(13-26)19-35/h2-11,20,22,26-28,30-31H,12-19,21,23H2,1H3,(H,37,40)(H,38,42)/t26?,27?,28?,30-,31-,35?/m0/s1. The van der Waals surface area contributed by atoms with Gasteiger partial charge in [-0.1, -0.05) is 60.7 Å². The summed E-state index contributed by atoms with van der Waals surface area (Å²) >= 11 is 0. The Bertz CT molecular complexity index is 1420. The summed E-state index contributed by atoms with van der Waals surface area (Å²) in [6.45, 7) is 0.379. The van der Waals surface area contributed by atoms with Gasteiger partial charge in [0.2, 0.25) is 5.91 Å². The van der Waals surface area contributed by atoms with E-state index in [0.29, 0.717) is 6.73 Å². The first-order valence-electron chi connectivity index (χ1n) is 15.9. The predicted molar refractivity (Wildman–Crippen MR) is 166 cm³/mol. The van der Waals surface area contributed by atoms with Crippen LogP contribution < -0.4 is 10.6 Å². The molecule has 4 bridgehead atoms. The number of aromatic nitrogens is 2. The number of hydrogen-bond donors (Lipinski definition) is 2. The molecule has 2 N–H and O–H groups in total. The summed E-state index contributed by atoms with van der Waals surface area (Å²) in [7, 11) is 1.28. The molecule has 1 heterocycles. The number of esters is 1. The first-order valence-corrected chi connectivity index (χ1v) is 15.9. The molecule has 4 aliphatic rings. The zero-order valence-electron chi connectivity index (χ0n) is 25.7. The summed E-state index contributed by atoms with van der Waals surface area (Å²) < 4.78 is 19.0. The Hall–Kier alpha value is -4.18. The second-order valence-corrected chi connectivity index (χ2v) is 13.0. The van der Waals surface area contributed by atoms with Crippen molar-refractivity contribution >= 4 is 18.0 Å². The fourth-order valence-electron chi connectivity index (χ4n) is 7.83. The van der Waals surface area contributed by atoms with E-state index in [2.05, 4.69) is 15.6 Å². The van der Waals surface area contributed by atoms with E-state index in [4.69, 9.17) is 14.2 Å². The Morgan fingerprint density at radius 2 is 1.49 bits per heavy atom. The minimum Gasteiger partial charge on any atom is -0.467 e. The molecule has 4 fully saturated rings. The van der Waals surface area contributed by atoms with Crippen LogP contribution in [0.25, 0.3) is 0 Å². The molecular formula is C35H42N4O6. The Morgan fingerprint density at radius 3 is 2.11 bits per heavy atom. The van der Waals surface area contributed by atoms with Gasteiger partial charge in [-0.15, -0.1) is 0 Å². The Labute approximate surface area is 263 Å². The highest BCUT2D eigenvalue weighted by Crippen LogP contribution is 2.57. The van der Waals surface area contributed by atoms with E-state index < -0.39 is 30.1 Å². The van der Waals surface area contributed by atoms with Gasteiger partial charge in [0, 0.05) is 24.7 Å². The van der Waals surface area contributed by atoms with E-state index in [1.165, 1.54) is 26.4 Å². The number of hydrogen-bond acceptors (Lipinski definition) is 7. The topological polar surface area (TPSA) is 121 Å². The highest BCUT2D eigenvalue weighted by molar-refractivity contribution is 5.90. The lowest BCUT2D eigenvalue weighted by atomic mass is 9.54. The maximum Gasteiger partial charge on any atom is 0.408 e. The zero-order valence-corrected chi connectivity index (χ0v) is 25.7. The largest absolute Gasteiger partial charge is 0.467 e. The van der Waals surface area contributed by atoms with Gasteiger partial charge in [0.15, 0.2) is 0 Å². The van der Waals surface area contributed by atoms with Crippen molar-refractivity contribution in [1.82, 2.24) is 20.2 Å². The summed E-state index contributed by atoms with van der Waals surface area (Å²) in [4.78, 5) is 43.7. The number of methoxy groups -OCH3 is 1. The highest BCUT2D eigenvalue weighted by atomic mass is 16.5. The number of carbonyl (C=O) groups excluding carboxylic acids is 3. The first kappa shape index (κ1) is 30.8. The molecule has 2 amide bonds. The maximum absolute atomic E-state index is 13.7. The summed E-state index contributed by atoms with van der Waals surface area (Å²) in [5.74, 6) is 1.17. The van der Waals surface area contributed by atoms with Crippen LogP contribution in [0.5, 0.6) is 0 Å². The van der Waals surface area contributed by atoms with Crippen molar-refractivity contribution in [2.24, 2.45) is 17.8 Å². The van der Waals surface area contributed by atoms with E-state index in [0.717, 1.165) is 53.8 Å². The summed E-state index contributed by atoms with van der Waals surface area (Å²) in [6.07, 6.45) is 10.3. The molecule has 2 atom stereocenters. The van der Waals surface area contributed by atoms with Crippen LogP contribution in [0.15, 0.2) is 73.2 Å². The molecule has 238 valence electrons. The molecule has 0 saturated heterocycles. The van der Waals surface area contributed by atoms with Crippen LogP contribution >= 0.6 is 0 Å². The molecule has 3 aromatic rings. The summed E-state index contributed by atoms with van der Waals surface area (Å²) in [5, 5.41) is 5.53. The van der Waals surface area contributed by atoms with Crippen LogP contribution in [-0.2, 0) is 50.0 Å². The van der Waals surface area contributed by atoms with E-state index in [9.17, 15) is 14.4 Å². The number of alkyl carbamates (subject to hydrolysis) is 1. The van der Waals surface area contributed by atoms with E-state index in [-0.39, 0.29) is 25.0 Å². The average Bonchev–Trinajstić information content (AvgIpc) is 3.49. The van der Waals surface area contributed by atoms with Crippen LogP contribution in [0.2, 0.25) is 0 Å². The lowest BCUT2D eigenvalue weighted by molar-refractivity contribution is -0.181. The molecule has 0 unspecified atom stereocenters. The van der Waals surface area contributed by atoms with Crippen molar-refractivity contribution in [2.75, 3.05) is 7.11 Å². The Kier molecular flexibility index (Phi) is 9.49. The number of benzene rings is 2. The first-order chi connectivity index (χ1) is 21.9.